The van der Waals surface area contributed by atoms with Crippen LogP contribution in [0.25, 0.3) is 0 Å². The molecule has 0 saturated heterocycles. The Bertz CT molecular complexity index is 459. The Labute approximate surface area is 106 Å². The predicted octanol–water partition coefficient (Wildman–Crippen LogP) is 3.52. The van der Waals surface area contributed by atoms with Gasteiger partial charge in [-0.1, -0.05) is 36.4 Å². The summed E-state index contributed by atoms with van der Waals surface area (Å²) in [7, 11) is 1.71. The lowest BCUT2D eigenvalue weighted by Crippen LogP contribution is -1.93. The van der Waals surface area contributed by atoms with Gasteiger partial charge < -0.3 is 4.74 Å². The quantitative estimate of drug-likeness (QED) is 0.752. The van der Waals surface area contributed by atoms with Crippen LogP contribution in [0.5, 0.6) is 0 Å². The van der Waals surface area contributed by atoms with Crippen LogP contribution in [0.1, 0.15) is 11.1 Å². The minimum atomic E-state index is 0.616. The van der Waals surface area contributed by atoms with Crippen molar-refractivity contribution in [1.29, 1.82) is 0 Å². The maximum Gasteiger partial charge on any atom is 0.102 e. The molecule has 88 valence electrons. The smallest absolute Gasteiger partial charge is 0.102 e. The van der Waals surface area contributed by atoms with Gasteiger partial charge in [0.25, 0.3) is 0 Å². The van der Waals surface area contributed by atoms with Crippen molar-refractivity contribution in [3.05, 3.63) is 59.8 Å². The number of pyridine rings is 1. The zero-order valence-corrected chi connectivity index (χ0v) is 10.6. The molecular formula is C14H15NOS. The normalized spacial score (nSPS) is 10.4. The first-order chi connectivity index (χ1) is 8.40. The van der Waals surface area contributed by atoms with Gasteiger partial charge in [-0.25, -0.2) is 4.98 Å². The number of ether oxygens (including phenoxy) is 1. The van der Waals surface area contributed by atoms with Crippen molar-refractivity contribution in [2.75, 3.05) is 7.11 Å². The third kappa shape index (κ3) is 3.58. The molecule has 2 nitrogen and oxygen atoms in total. The Morgan fingerprint density at radius 1 is 1.12 bits per heavy atom. The number of aromatic nitrogens is 1. The van der Waals surface area contributed by atoms with E-state index in [1.165, 1.54) is 5.56 Å². The summed E-state index contributed by atoms with van der Waals surface area (Å²) in [6.07, 6.45) is 1.83. The van der Waals surface area contributed by atoms with Crippen LogP contribution in [0.2, 0.25) is 0 Å². The maximum atomic E-state index is 5.17. The fourth-order valence-electron chi connectivity index (χ4n) is 1.55. The molecule has 1 aromatic carbocycles. The van der Waals surface area contributed by atoms with Crippen LogP contribution in [-0.4, -0.2) is 12.1 Å². The molecule has 0 spiro atoms. The second-order valence-corrected chi connectivity index (χ2v) is 4.64. The molecule has 0 aliphatic heterocycles. The summed E-state index contributed by atoms with van der Waals surface area (Å²) in [5.74, 6) is 0.939. The van der Waals surface area contributed by atoms with E-state index in [1.54, 1.807) is 18.9 Å². The summed E-state index contributed by atoms with van der Waals surface area (Å²) in [5.41, 5.74) is 2.46. The molecule has 17 heavy (non-hydrogen) atoms. The Hall–Kier alpha value is -1.32. The zero-order valence-electron chi connectivity index (χ0n) is 9.80. The van der Waals surface area contributed by atoms with Gasteiger partial charge >= 0.3 is 0 Å². The van der Waals surface area contributed by atoms with Crippen molar-refractivity contribution in [1.82, 2.24) is 4.98 Å². The Kier molecular flexibility index (Phi) is 4.59. The number of hydrogen-bond donors (Lipinski definition) is 0. The van der Waals surface area contributed by atoms with Crippen LogP contribution in [0.4, 0.5) is 0 Å². The lowest BCUT2D eigenvalue weighted by atomic mass is 10.2. The SMILES string of the molecule is COCc1cccnc1SCc1ccccc1. The molecule has 0 fully saturated rings. The van der Waals surface area contributed by atoms with Gasteiger partial charge in [0.2, 0.25) is 0 Å². The monoisotopic (exact) mass is 245 g/mol. The van der Waals surface area contributed by atoms with E-state index in [0.717, 1.165) is 16.3 Å². The van der Waals surface area contributed by atoms with Gasteiger partial charge in [-0.05, 0) is 11.6 Å². The molecule has 0 bridgehead atoms. The van der Waals surface area contributed by atoms with Gasteiger partial charge in [0.1, 0.15) is 5.03 Å². The number of hydrogen-bond acceptors (Lipinski definition) is 3. The summed E-state index contributed by atoms with van der Waals surface area (Å²) >= 11 is 1.75. The van der Waals surface area contributed by atoms with Crippen molar-refractivity contribution in [2.24, 2.45) is 0 Å². The summed E-state index contributed by atoms with van der Waals surface area (Å²) in [5, 5.41) is 1.05. The highest BCUT2D eigenvalue weighted by Crippen LogP contribution is 2.24. The minimum Gasteiger partial charge on any atom is -0.380 e. The third-order valence-electron chi connectivity index (χ3n) is 2.37. The first-order valence-electron chi connectivity index (χ1n) is 5.49. The molecule has 2 rings (SSSR count). The van der Waals surface area contributed by atoms with Crippen LogP contribution in [-0.2, 0) is 17.1 Å². The summed E-state index contributed by atoms with van der Waals surface area (Å²) in [6.45, 7) is 0.616. The molecule has 0 unspecified atom stereocenters. The van der Waals surface area contributed by atoms with E-state index in [1.807, 2.05) is 18.3 Å². The molecule has 3 heteroatoms. The fraction of sp³-hybridized carbons (Fsp3) is 0.214. The molecule has 0 saturated carbocycles. The van der Waals surface area contributed by atoms with E-state index in [2.05, 4.69) is 35.3 Å². The van der Waals surface area contributed by atoms with Gasteiger partial charge in [-0.2, -0.15) is 0 Å². The van der Waals surface area contributed by atoms with Crippen molar-refractivity contribution in [2.45, 2.75) is 17.4 Å². The first kappa shape index (κ1) is 12.1. The fourth-order valence-corrected chi connectivity index (χ4v) is 2.49. The lowest BCUT2D eigenvalue weighted by Gasteiger charge is -2.06. The maximum absolute atomic E-state index is 5.17. The molecule has 0 atom stereocenters. The van der Waals surface area contributed by atoms with Gasteiger partial charge in [0, 0.05) is 24.6 Å². The van der Waals surface area contributed by atoms with Crippen LogP contribution >= 0.6 is 11.8 Å². The second kappa shape index (κ2) is 6.42. The molecule has 1 aromatic heterocycles. The molecule has 0 radical (unpaired) electrons. The average molecular weight is 245 g/mol. The van der Waals surface area contributed by atoms with E-state index in [0.29, 0.717) is 6.61 Å². The highest BCUT2D eigenvalue weighted by atomic mass is 32.2. The highest BCUT2D eigenvalue weighted by molar-refractivity contribution is 7.98. The number of thioether (sulfide) groups is 1. The molecule has 0 aliphatic rings. The van der Waals surface area contributed by atoms with Gasteiger partial charge in [0.15, 0.2) is 0 Å². The number of benzene rings is 1. The number of methoxy groups -OCH3 is 1. The molecule has 0 N–H and O–H groups in total. The number of rotatable bonds is 5. The summed E-state index contributed by atoms with van der Waals surface area (Å²) < 4.78 is 5.17. The predicted molar refractivity (Wildman–Crippen MR) is 71.0 cm³/mol. The molecule has 0 amide bonds. The lowest BCUT2D eigenvalue weighted by molar-refractivity contribution is 0.182. The van der Waals surface area contributed by atoms with Crippen LogP contribution < -0.4 is 0 Å². The van der Waals surface area contributed by atoms with Crippen molar-refractivity contribution < 1.29 is 4.74 Å². The van der Waals surface area contributed by atoms with Crippen LogP contribution in [0, 0.1) is 0 Å². The second-order valence-electron chi connectivity index (χ2n) is 3.67. The molecule has 2 aromatic rings. The van der Waals surface area contributed by atoms with Crippen molar-refractivity contribution in [3.8, 4) is 0 Å². The standard InChI is InChI=1S/C14H15NOS/c1-16-10-13-8-5-9-15-14(13)17-11-12-6-3-2-4-7-12/h2-9H,10-11H2,1H3. The van der Waals surface area contributed by atoms with E-state index >= 15 is 0 Å². The largest absolute Gasteiger partial charge is 0.380 e. The van der Waals surface area contributed by atoms with Gasteiger partial charge in [0.05, 0.1) is 6.61 Å². The topological polar surface area (TPSA) is 22.1 Å². The van der Waals surface area contributed by atoms with Crippen molar-refractivity contribution in [3.63, 3.8) is 0 Å². The Balaban J connectivity index is 2.03. The first-order valence-corrected chi connectivity index (χ1v) is 6.48. The Morgan fingerprint density at radius 3 is 2.71 bits per heavy atom. The van der Waals surface area contributed by atoms with E-state index in [9.17, 15) is 0 Å². The summed E-state index contributed by atoms with van der Waals surface area (Å²) in [6, 6.07) is 14.4. The van der Waals surface area contributed by atoms with E-state index < -0.39 is 0 Å². The number of nitrogens with zero attached hydrogens (tertiary/aromatic N) is 1. The summed E-state index contributed by atoms with van der Waals surface area (Å²) in [4.78, 5) is 4.40. The van der Waals surface area contributed by atoms with Crippen molar-refractivity contribution >= 4 is 11.8 Å². The highest BCUT2D eigenvalue weighted by Gasteiger charge is 2.03. The third-order valence-corrected chi connectivity index (χ3v) is 3.49. The molecule has 1 heterocycles. The Morgan fingerprint density at radius 2 is 1.94 bits per heavy atom. The van der Waals surface area contributed by atoms with Crippen LogP contribution in [0.15, 0.2) is 53.7 Å². The van der Waals surface area contributed by atoms with E-state index in [4.69, 9.17) is 4.74 Å². The van der Waals surface area contributed by atoms with Gasteiger partial charge in [-0.15, -0.1) is 11.8 Å². The van der Waals surface area contributed by atoms with E-state index in [-0.39, 0.29) is 0 Å². The zero-order chi connectivity index (χ0) is 11.9. The minimum absolute atomic E-state index is 0.616. The molecule has 0 aliphatic carbocycles. The molecular weight excluding hydrogens is 230 g/mol. The average Bonchev–Trinajstić information content (AvgIpc) is 2.39. The van der Waals surface area contributed by atoms with Crippen LogP contribution in [0.3, 0.4) is 0 Å². The van der Waals surface area contributed by atoms with Gasteiger partial charge in [-0.3, -0.25) is 0 Å².